The first kappa shape index (κ1) is 17.8. The Balaban J connectivity index is 1.73. The van der Waals surface area contributed by atoms with E-state index in [2.05, 4.69) is 19.3 Å². The second-order valence-corrected chi connectivity index (χ2v) is 7.58. The van der Waals surface area contributed by atoms with Crippen LogP contribution in [0.5, 0.6) is 0 Å². The summed E-state index contributed by atoms with van der Waals surface area (Å²) in [5.41, 5.74) is 5.15. The van der Waals surface area contributed by atoms with Crippen LogP contribution < -0.4 is 4.90 Å². The first-order valence-electron chi connectivity index (χ1n) is 8.97. The van der Waals surface area contributed by atoms with Gasteiger partial charge in [0.05, 0.1) is 11.4 Å². The van der Waals surface area contributed by atoms with Crippen LogP contribution >= 0.6 is 11.6 Å². The van der Waals surface area contributed by atoms with Gasteiger partial charge in [0.2, 0.25) is 5.95 Å². The molecule has 0 fully saturated rings. The third-order valence-electron chi connectivity index (χ3n) is 5.34. The highest BCUT2D eigenvalue weighted by molar-refractivity contribution is 6.30. The fourth-order valence-electron chi connectivity index (χ4n) is 3.98. The molecule has 0 aliphatic heterocycles. The van der Waals surface area contributed by atoms with E-state index in [0.717, 1.165) is 47.2 Å². The van der Waals surface area contributed by atoms with Crippen molar-refractivity contribution in [2.45, 2.75) is 38.6 Å². The summed E-state index contributed by atoms with van der Waals surface area (Å²) < 4.78 is 2.06. The first-order chi connectivity index (χ1) is 12.9. The Bertz CT molecular complexity index is 1010. The number of aromatic nitrogens is 3. The highest BCUT2D eigenvalue weighted by atomic mass is 35.5. The number of hydrogen-bond acceptors (Lipinski definition) is 4. The van der Waals surface area contributed by atoms with Crippen molar-refractivity contribution in [1.82, 2.24) is 14.4 Å². The molecule has 1 aliphatic carbocycles. The van der Waals surface area contributed by atoms with E-state index >= 15 is 0 Å². The Labute approximate surface area is 162 Å². The molecule has 0 radical (unpaired) electrons. The topological polar surface area (TPSA) is 70.7 Å². The minimum Gasteiger partial charge on any atom is -0.481 e. The number of carboxylic acid groups (broad SMARTS) is 1. The smallest absolute Gasteiger partial charge is 0.307 e. The van der Waals surface area contributed by atoms with E-state index in [1.807, 2.05) is 44.7 Å². The molecule has 3 heterocycles. The normalized spacial score (nSPS) is 16.3. The summed E-state index contributed by atoms with van der Waals surface area (Å²) in [4.78, 5) is 22.4. The maximum absolute atomic E-state index is 11.4. The number of carbonyl (C=O) groups is 1. The first-order valence-corrected chi connectivity index (χ1v) is 9.35. The predicted octanol–water partition coefficient (Wildman–Crippen LogP) is 3.31. The molecule has 7 heteroatoms. The Hall–Kier alpha value is -2.60. The highest BCUT2D eigenvalue weighted by Gasteiger charge is 2.29. The standard InChI is InChI=1S/C20H21ClN4O2/c1-12-9-22-20(23-10-12)24(2)14-4-5-15-16(8-19(26)27)17-6-3-13(21)11-25(17)18(15)7-14/h3,6,9-11,14H,4-5,7-8H2,1-2H3,(H,26,27). The van der Waals surface area contributed by atoms with E-state index in [-0.39, 0.29) is 12.5 Å². The third-order valence-corrected chi connectivity index (χ3v) is 5.56. The number of hydrogen-bond donors (Lipinski definition) is 1. The largest absolute Gasteiger partial charge is 0.481 e. The van der Waals surface area contributed by atoms with Crippen LogP contribution in [0.25, 0.3) is 5.52 Å². The van der Waals surface area contributed by atoms with Gasteiger partial charge in [-0.15, -0.1) is 0 Å². The molecule has 0 saturated carbocycles. The van der Waals surface area contributed by atoms with E-state index in [4.69, 9.17) is 11.6 Å². The molecule has 1 atom stereocenters. The molecule has 1 unspecified atom stereocenters. The van der Waals surface area contributed by atoms with E-state index in [0.29, 0.717) is 11.0 Å². The van der Waals surface area contributed by atoms with Crippen LogP contribution in [-0.2, 0) is 24.1 Å². The molecule has 140 valence electrons. The summed E-state index contributed by atoms with van der Waals surface area (Å²) >= 11 is 6.22. The maximum atomic E-state index is 11.4. The predicted molar refractivity (Wildman–Crippen MR) is 105 cm³/mol. The van der Waals surface area contributed by atoms with Crippen molar-refractivity contribution in [3.63, 3.8) is 0 Å². The number of aryl methyl sites for hydroxylation is 1. The lowest BCUT2D eigenvalue weighted by Crippen LogP contribution is -2.38. The molecule has 3 aromatic heterocycles. The van der Waals surface area contributed by atoms with Gasteiger partial charge >= 0.3 is 5.97 Å². The monoisotopic (exact) mass is 384 g/mol. The van der Waals surface area contributed by atoms with Gasteiger partial charge in [0.1, 0.15) is 0 Å². The number of rotatable bonds is 4. The average Bonchev–Trinajstić information content (AvgIpc) is 2.94. The Kier molecular flexibility index (Phi) is 4.52. The lowest BCUT2D eigenvalue weighted by Gasteiger charge is -2.32. The molecule has 1 aliphatic rings. The molecule has 0 spiro atoms. The summed E-state index contributed by atoms with van der Waals surface area (Å²) in [6, 6.07) is 3.98. The van der Waals surface area contributed by atoms with Crippen LogP contribution in [0, 0.1) is 6.92 Å². The summed E-state index contributed by atoms with van der Waals surface area (Å²) in [7, 11) is 2.02. The molecule has 4 rings (SSSR count). The molecule has 0 saturated heterocycles. The SMILES string of the molecule is Cc1cnc(N(C)C2CCc3c(CC(=O)O)c4ccc(Cl)cn4c3C2)nc1. The number of anilines is 1. The molecule has 0 amide bonds. The zero-order valence-corrected chi connectivity index (χ0v) is 16.1. The van der Waals surface area contributed by atoms with Gasteiger partial charge in [-0.3, -0.25) is 4.79 Å². The summed E-state index contributed by atoms with van der Waals surface area (Å²) in [5.74, 6) is -0.105. The summed E-state index contributed by atoms with van der Waals surface area (Å²) in [6.07, 6.45) is 8.11. The molecule has 6 nitrogen and oxygen atoms in total. The van der Waals surface area contributed by atoms with Gasteiger partial charge in [-0.25, -0.2) is 9.97 Å². The van der Waals surface area contributed by atoms with Crippen molar-refractivity contribution in [2.75, 3.05) is 11.9 Å². The van der Waals surface area contributed by atoms with Crippen molar-refractivity contribution in [3.05, 3.63) is 58.1 Å². The van der Waals surface area contributed by atoms with Crippen LogP contribution in [-0.4, -0.2) is 38.5 Å². The number of nitrogens with zero attached hydrogens (tertiary/aromatic N) is 4. The van der Waals surface area contributed by atoms with Crippen molar-refractivity contribution in [2.24, 2.45) is 0 Å². The molecular weight excluding hydrogens is 364 g/mol. The second-order valence-electron chi connectivity index (χ2n) is 7.14. The van der Waals surface area contributed by atoms with Gasteiger partial charge in [0.25, 0.3) is 0 Å². The number of fused-ring (bicyclic) bond motifs is 3. The lowest BCUT2D eigenvalue weighted by atomic mass is 9.89. The van der Waals surface area contributed by atoms with E-state index < -0.39 is 5.97 Å². The van der Waals surface area contributed by atoms with Gasteiger partial charge in [-0.1, -0.05) is 11.6 Å². The van der Waals surface area contributed by atoms with Gasteiger partial charge < -0.3 is 14.4 Å². The molecule has 0 bridgehead atoms. The summed E-state index contributed by atoms with van der Waals surface area (Å²) in [5, 5.41) is 9.99. The average molecular weight is 385 g/mol. The third kappa shape index (κ3) is 3.25. The molecule has 1 N–H and O–H groups in total. The van der Waals surface area contributed by atoms with Gasteiger partial charge in [-0.05, 0) is 48.6 Å². The van der Waals surface area contributed by atoms with E-state index in [1.165, 1.54) is 0 Å². The van der Waals surface area contributed by atoms with Crippen molar-refractivity contribution in [1.29, 1.82) is 0 Å². The Morgan fingerprint density at radius 2 is 2.11 bits per heavy atom. The van der Waals surface area contributed by atoms with Gasteiger partial charge in [-0.2, -0.15) is 0 Å². The van der Waals surface area contributed by atoms with Crippen molar-refractivity contribution in [3.8, 4) is 0 Å². The highest BCUT2D eigenvalue weighted by Crippen LogP contribution is 2.33. The van der Waals surface area contributed by atoms with Crippen molar-refractivity contribution < 1.29 is 9.90 Å². The minimum atomic E-state index is -0.812. The minimum absolute atomic E-state index is 0.0298. The lowest BCUT2D eigenvalue weighted by molar-refractivity contribution is -0.136. The number of pyridine rings is 1. The van der Waals surface area contributed by atoms with Crippen LogP contribution in [0.15, 0.2) is 30.7 Å². The fourth-order valence-corrected chi connectivity index (χ4v) is 4.14. The molecule has 27 heavy (non-hydrogen) atoms. The second kappa shape index (κ2) is 6.85. The zero-order valence-electron chi connectivity index (χ0n) is 15.3. The number of halogens is 1. The van der Waals surface area contributed by atoms with E-state index in [9.17, 15) is 9.90 Å². The van der Waals surface area contributed by atoms with Crippen LogP contribution in [0.2, 0.25) is 5.02 Å². The Morgan fingerprint density at radius 1 is 1.37 bits per heavy atom. The number of aliphatic carboxylic acids is 1. The van der Waals surface area contributed by atoms with Crippen LogP contribution in [0.4, 0.5) is 5.95 Å². The van der Waals surface area contributed by atoms with Gasteiger partial charge in [0, 0.05) is 49.3 Å². The van der Waals surface area contributed by atoms with Crippen molar-refractivity contribution >= 4 is 29.0 Å². The van der Waals surface area contributed by atoms with Crippen LogP contribution in [0.3, 0.4) is 0 Å². The fraction of sp³-hybridized carbons (Fsp3) is 0.350. The Morgan fingerprint density at radius 3 is 2.81 bits per heavy atom. The quantitative estimate of drug-likeness (QED) is 0.747. The number of carboxylic acids is 1. The maximum Gasteiger partial charge on any atom is 0.307 e. The van der Waals surface area contributed by atoms with E-state index in [1.54, 1.807) is 0 Å². The van der Waals surface area contributed by atoms with Crippen LogP contribution in [0.1, 0.15) is 28.8 Å². The molecule has 3 aromatic rings. The zero-order chi connectivity index (χ0) is 19.1. The van der Waals surface area contributed by atoms with Gasteiger partial charge in [0.15, 0.2) is 0 Å². The number of likely N-dealkylation sites (N-methyl/N-ethyl adjacent to an activating group) is 1. The molecule has 0 aromatic carbocycles. The summed E-state index contributed by atoms with van der Waals surface area (Å²) in [6.45, 7) is 1.97. The molecular formula is C20H21ClN4O2.